The average molecular weight is 382 g/mol. The van der Waals surface area contributed by atoms with Gasteiger partial charge in [0.15, 0.2) is 11.4 Å². The van der Waals surface area contributed by atoms with E-state index in [-0.39, 0.29) is 37.6 Å². The van der Waals surface area contributed by atoms with E-state index in [1.54, 1.807) is 6.07 Å². The van der Waals surface area contributed by atoms with Crippen molar-refractivity contribution in [2.45, 2.75) is 25.4 Å². The largest absolute Gasteiger partial charge is 0.479 e. The van der Waals surface area contributed by atoms with Crippen LogP contribution in [-0.4, -0.2) is 45.7 Å². The summed E-state index contributed by atoms with van der Waals surface area (Å²) < 4.78 is 6.58. The van der Waals surface area contributed by atoms with Gasteiger partial charge in [0.25, 0.3) is 5.91 Å². The van der Waals surface area contributed by atoms with Crippen LogP contribution in [0.5, 0.6) is 0 Å². The van der Waals surface area contributed by atoms with Crippen LogP contribution >= 0.6 is 15.9 Å². The molecule has 1 fully saturated rings. The lowest BCUT2D eigenvalue weighted by atomic mass is 9.91. The first-order chi connectivity index (χ1) is 10.8. The maximum atomic E-state index is 12.6. The summed E-state index contributed by atoms with van der Waals surface area (Å²) in [5.74, 6) is -1.25. The van der Waals surface area contributed by atoms with Gasteiger partial charge >= 0.3 is 5.97 Å². The third-order valence-electron chi connectivity index (χ3n) is 4.37. The molecule has 7 heteroatoms. The number of carbonyl (C=O) groups is 2. The molecule has 0 atom stereocenters. The van der Waals surface area contributed by atoms with Gasteiger partial charge in [0, 0.05) is 41.4 Å². The second-order valence-corrected chi connectivity index (χ2v) is 6.74. The zero-order chi connectivity index (χ0) is 16.8. The molecule has 23 heavy (non-hydrogen) atoms. The molecule has 3 rings (SSSR count). The van der Waals surface area contributed by atoms with Gasteiger partial charge in [0.05, 0.1) is 0 Å². The second-order valence-electron chi connectivity index (χ2n) is 5.83. The van der Waals surface area contributed by atoms with E-state index in [0.717, 1.165) is 15.4 Å². The molecule has 2 heterocycles. The number of fused-ring (bicyclic) bond motifs is 1. The Morgan fingerprint density at radius 3 is 2.57 bits per heavy atom. The molecule has 0 radical (unpaired) electrons. The highest BCUT2D eigenvalue weighted by molar-refractivity contribution is 9.10. The Hall–Kier alpha value is -1.86. The number of carbonyl (C=O) groups excluding carboxylic acids is 1. The fraction of sp³-hybridized carbons (Fsp3) is 0.375. The van der Waals surface area contributed by atoms with E-state index in [2.05, 4.69) is 15.9 Å². The van der Waals surface area contributed by atoms with Crippen molar-refractivity contribution in [3.8, 4) is 0 Å². The van der Waals surface area contributed by atoms with Crippen LogP contribution in [0.4, 0.5) is 0 Å². The molecule has 0 bridgehead atoms. The Morgan fingerprint density at radius 2 is 1.96 bits per heavy atom. The summed E-state index contributed by atoms with van der Waals surface area (Å²) in [4.78, 5) is 25.2. The van der Waals surface area contributed by atoms with Crippen LogP contribution in [0.1, 0.15) is 29.0 Å². The van der Waals surface area contributed by atoms with Gasteiger partial charge in [-0.05, 0) is 25.1 Å². The number of rotatable bonds is 2. The van der Waals surface area contributed by atoms with Crippen molar-refractivity contribution in [2.24, 2.45) is 0 Å². The number of carboxylic acid groups (broad SMARTS) is 1. The summed E-state index contributed by atoms with van der Waals surface area (Å²) in [7, 11) is 0. The molecular weight excluding hydrogens is 366 g/mol. The Balaban J connectivity index is 1.85. The zero-order valence-corrected chi connectivity index (χ0v) is 14.1. The van der Waals surface area contributed by atoms with Crippen molar-refractivity contribution < 1.29 is 24.2 Å². The van der Waals surface area contributed by atoms with E-state index in [0.29, 0.717) is 5.58 Å². The Kier molecular flexibility index (Phi) is 3.93. The van der Waals surface area contributed by atoms with Crippen molar-refractivity contribution >= 4 is 38.8 Å². The minimum Gasteiger partial charge on any atom is -0.479 e. The van der Waals surface area contributed by atoms with Gasteiger partial charge in [-0.25, -0.2) is 4.79 Å². The van der Waals surface area contributed by atoms with Crippen LogP contribution in [0.25, 0.3) is 11.0 Å². The highest BCUT2D eigenvalue weighted by Gasteiger charge is 2.41. The number of halogens is 1. The van der Waals surface area contributed by atoms with Crippen LogP contribution in [0.2, 0.25) is 0 Å². The summed E-state index contributed by atoms with van der Waals surface area (Å²) in [6.45, 7) is 2.19. The molecule has 1 aromatic carbocycles. The van der Waals surface area contributed by atoms with E-state index in [4.69, 9.17) is 9.52 Å². The molecule has 2 N–H and O–H groups in total. The fourth-order valence-corrected chi connectivity index (χ4v) is 3.20. The summed E-state index contributed by atoms with van der Waals surface area (Å²) in [6, 6.07) is 5.53. The van der Waals surface area contributed by atoms with Crippen molar-refractivity contribution in [3.05, 3.63) is 34.0 Å². The van der Waals surface area contributed by atoms with Gasteiger partial charge < -0.3 is 19.5 Å². The number of aliphatic carboxylic acids is 1. The zero-order valence-electron chi connectivity index (χ0n) is 12.5. The third kappa shape index (κ3) is 2.74. The normalized spacial score (nSPS) is 17.4. The summed E-state index contributed by atoms with van der Waals surface area (Å²) in [5, 5.41) is 19.8. The van der Waals surface area contributed by atoms with Crippen molar-refractivity contribution in [2.75, 3.05) is 13.1 Å². The number of amides is 1. The average Bonchev–Trinajstić information content (AvgIpc) is 2.84. The molecule has 1 amide bonds. The lowest BCUT2D eigenvalue weighted by Crippen LogP contribution is -2.50. The first-order valence-corrected chi connectivity index (χ1v) is 8.05. The standard InChI is InChI=1S/C16H16BrNO5/c1-9-11-8-10(17)2-3-12(11)23-13(9)14(19)18-6-4-16(22,5-7-18)15(20)21/h2-3,8,22H,4-7H2,1H3,(H,20,21). The number of piperidine rings is 1. The molecule has 0 spiro atoms. The topological polar surface area (TPSA) is 91.0 Å². The molecule has 0 unspecified atom stereocenters. The predicted molar refractivity (Wildman–Crippen MR) is 86.4 cm³/mol. The van der Waals surface area contributed by atoms with Gasteiger partial charge in [-0.15, -0.1) is 0 Å². The SMILES string of the molecule is Cc1c(C(=O)N2CCC(O)(C(=O)O)CC2)oc2ccc(Br)cc12. The maximum Gasteiger partial charge on any atom is 0.335 e. The molecule has 1 aliphatic rings. The summed E-state index contributed by atoms with van der Waals surface area (Å²) in [6.07, 6.45) is 0.0256. The quantitative estimate of drug-likeness (QED) is 0.833. The molecular formula is C16H16BrNO5. The van der Waals surface area contributed by atoms with Gasteiger partial charge in [-0.2, -0.15) is 0 Å². The minimum atomic E-state index is -1.75. The fourth-order valence-electron chi connectivity index (χ4n) is 2.83. The van der Waals surface area contributed by atoms with Crippen molar-refractivity contribution in [1.82, 2.24) is 4.90 Å². The molecule has 0 aliphatic carbocycles. The first kappa shape index (κ1) is 16.0. The number of carboxylic acids is 1. The van der Waals surface area contributed by atoms with E-state index < -0.39 is 11.6 Å². The number of nitrogens with zero attached hydrogens (tertiary/aromatic N) is 1. The number of aliphatic hydroxyl groups is 1. The highest BCUT2D eigenvalue weighted by atomic mass is 79.9. The monoisotopic (exact) mass is 381 g/mol. The lowest BCUT2D eigenvalue weighted by molar-refractivity contribution is -0.162. The van der Waals surface area contributed by atoms with Crippen LogP contribution in [0.15, 0.2) is 27.1 Å². The van der Waals surface area contributed by atoms with Crippen molar-refractivity contribution in [1.29, 1.82) is 0 Å². The van der Waals surface area contributed by atoms with Crippen LogP contribution in [-0.2, 0) is 4.79 Å². The third-order valence-corrected chi connectivity index (χ3v) is 4.86. The van der Waals surface area contributed by atoms with Gasteiger partial charge in [-0.3, -0.25) is 4.79 Å². The number of benzene rings is 1. The summed E-state index contributed by atoms with van der Waals surface area (Å²) in [5.41, 5.74) is -0.358. The van der Waals surface area contributed by atoms with E-state index in [1.165, 1.54) is 4.90 Å². The molecule has 2 aromatic rings. The Labute approximate surface area is 140 Å². The van der Waals surface area contributed by atoms with Gasteiger partial charge in [0.1, 0.15) is 5.58 Å². The summed E-state index contributed by atoms with van der Waals surface area (Å²) >= 11 is 3.40. The highest BCUT2D eigenvalue weighted by Crippen LogP contribution is 2.30. The molecule has 122 valence electrons. The van der Waals surface area contributed by atoms with Gasteiger partial charge in [0.2, 0.25) is 0 Å². The Bertz CT molecular complexity index is 789. The molecule has 0 saturated carbocycles. The first-order valence-electron chi connectivity index (χ1n) is 7.25. The van der Waals surface area contributed by atoms with Gasteiger partial charge in [-0.1, -0.05) is 15.9 Å². The molecule has 1 saturated heterocycles. The van der Waals surface area contributed by atoms with Crippen molar-refractivity contribution in [3.63, 3.8) is 0 Å². The number of hydrogen-bond acceptors (Lipinski definition) is 4. The maximum absolute atomic E-state index is 12.6. The molecule has 1 aliphatic heterocycles. The van der Waals surface area contributed by atoms with E-state index in [9.17, 15) is 14.7 Å². The van der Waals surface area contributed by atoms with Crippen LogP contribution < -0.4 is 0 Å². The minimum absolute atomic E-state index is 0.0128. The number of hydrogen-bond donors (Lipinski definition) is 2. The Morgan fingerprint density at radius 1 is 1.30 bits per heavy atom. The second kappa shape index (κ2) is 5.65. The van der Waals surface area contributed by atoms with Crippen LogP contribution in [0, 0.1) is 6.92 Å². The predicted octanol–water partition coefficient (Wildman–Crippen LogP) is 2.56. The molecule has 6 nitrogen and oxygen atoms in total. The lowest BCUT2D eigenvalue weighted by Gasteiger charge is -2.34. The smallest absolute Gasteiger partial charge is 0.335 e. The number of furan rings is 1. The van der Waals surface area contributed by atoms with E-state index >= 15 is 0 Å². The van der Waals surface area contributed by atoms with E-state index in [1.807, 2.05) is 19.1 Å². The number of likely N-dealkylation sites (tertiary alicyclic amines) is 1. The number of aryl methyl sites for hydroxylation is 1. The van der Waals surface area contributed by atoms with Crippen LogP contribution in [0.3, 0.4) is 0 Å². The molecule has 1 aromatic heterocycles.